The molecule has 0 saturated heterocycles. The standard InChI is InChI=1S/C21H26FN5OSi/c1-29(2,3)11-10-28-15-27-19-5-7-23-13-18(19)20-17(4-8-24-21(20)27)16-12-25-26(14-16)9-6-22/h4-5,7-8,12-14H,6,9-11,15H2,1-3H3. The van der Waals surface area contributed by atoms with E-state index in [1.54, 1.807) is 23.3 Å². The van der Waals surface area contributed by atoms with E-state index in [9.17, 15) is 4.39 Å². The first-order chi connectivity index (χ1) is 14.0. The third-order valence-electron chi connectivity index (χ3n) is 5.02. The molecule has 0 aromatic carbocycles. The van der Waals surface area contributed by atoms with Gasteiger partial charge in [-0.1, -0.05) is 19.6 Å². The summed E-state index contributed by atoms with van der Waals surface area (Å²) in [4.78, 5) is 8.98. The molecule has 0 saturated carbocycles. The van der Waals surface area contributed by atoms with E-state index in [4.69, 9.17) is 4.74 Å². The Labute approximate surface area is 170 Å². The third kappa shape index (κ3) is 4.08. The molecule has 0 aliphatic carbocycles. The van der Waals surface area contributed by atoms with Gasteiger partial charge in [0.15, 0.2) is 0 Å². The van der Waals surface area contributed by atoms with E-state index in [0.29, 0.717) is 6.73 Å². The van der Waals surface area contributed by atoms with Crippen molar-refractivity contribution in [1.82, 2.24) is 24.3 Å². The number of pyridine rings is 2. The van der Waals surface area contributed by atoms with Crippen molar-refractivity contribution in [2.75, 3.05) is 13.3 Å². The van der Waals surface area contributed by atoms with Gasteiger partial charge in [-0.3, -0.25) is 9.67 Å². The number of alkyl halides is 1. The van der Waals surface area contributed by atoms with E-state index < -0.39 is 14.7 Å². The van der Waals surface area contributed by atoms with E-state index in [1.807, 2.05) is 24.5 Å². The Balaban J connectivity index is 1.76. The molecule has 4 heterocycles. The highest BCUT2D eigenvalue weighted by molar-refractivity contribution is 6.76. The van der Waals surface area contributed by atoms with Gasteiger partial charge in [0.1, 0.15) is 19.1 Å². The summed E-state index contributed by atoms with van der Waals surface area (Å²) in [5, 5.41) is 6.32. The fourth-order valence-electron chi connectivity index (χ4n) is 3.47. The molecule has 4 aromatic rings. The zero-order valence-corrected chi connectivity index (χ0v) is 18.1. The number of aryl methyl sites for hydroxylation is 1. The van der Waals surface area contributed by atoms with E-state index in [2.05, 4.69) is 39.3 Å². The molecule has 4 aromatic heterocycles. The molecule has 0 unspecified atom stereocenters. The van der Waals surface area contributed by atoms with Crippen molar-refractivity contribution in [1.29, 1.82) is 0 Å². The number of hydrogen-bond acceptors (Lipinski definition) is 4. The molecule has 4 rings (SSSR count). The first kappa shape index (κ1) is 19.7. The molecule has 8 heteroatoms. The molecule has 0 fully saturated rings. The Morgan fingerprint density at radius 1 is 1.14 bits per heavy atom. The van der Waals surface area contributed by atoms with Crippen LogP contribution in [0.3, 0.4) is 0 Å². The lowest BCUT2D eigenvalue weighted by Gasteiger charge is -2.16. The van der Waals surface area contributed by atoms with Gasteiger partial charge in [0, 0.05) is 55.8 Å². The molecule has 0 spiro atoms. The van der Waals surface area contributed by atoms with Gasteiger partial charge in [-0.25, -0.2) is 9.37 Å². The van der Waals surface area contributed by atoms with Gasteiger partial charge in [0.25, 0.3) is 0 Å². The minimum Gasteiger partial charge on any atom is -0.361 e. The van der Waals surface area contributed by atoms with Crippen molar-refractivity contribution in [3.05, 3.63) is 43.1 Å². The monoisotopic (exact) mass is 411 g/mol. The van der Waals surface area contributed by atoms with Crippen LogP contribution in [0, 0.1) is 0 Å². The summed E-state index contributed by atoms with van der Waals surface area (Å²) in [5.41, 5.74) is 3.85. The van der Waals surface area contributed by atoms with E-state index in [0.717, 1.165) is 45.7 Å². The van der Waals surface area contributed by atoms with Crippen LogP contribution >= 0.6 is 0 Å². The second kappa shape index (κ2) is 8.04. The summed E-state index contributed by atoms with van der Waals surface area (Å²) in [6.45, 7) is 8.05. The Bertz CT molecular complexity index is 1130. The van der Waals surface area contributed by atoms with Crippen LogP contribution in [0.5, 0.6) is 0 Å². The van der Waals surface area contributed by atoms with E-state index in [1.165, 1.54) is 0 Å². The number of aromatic nitrogens is 5. The summed E-state index contributed by atoms with van der Waals surface area (Å²) in [6, 6.07) is 5.09. The van der Waals surface area contributed by atoms with Crippen molar-refractivity contribution >= 4 is 30.0 Å². The fraction of sp³-hybridized carbons (Fsp3) is 0.381. The van der Waals surface area contributed by atoms with Crippen molar-refractivity contribution < 1.29 is 9.13 Å². The number of ether oxygens (including phenoxy) is 1. The minimum atomic E-state index is -1.14. The minimum absolute atomic E-state index is 0.252. The highest BCUT2D eigenvalue weighted by atomic mass is 28.3. The van der Waals surface area contributed by atoms with Crippen LogP contribution in [0.15, 0.2) is 43.1 Å². The molecule has 152 valence electrons. The molecular formula is C21H26FN5OSi. The van der Waals surface area contributed by atoms with Crippen molar-refractivity contribution in [3.63, 3.8) is 0 Å². The summed E-state index contributed by atoms with van der Waals surface area (Å²) in [6.07, 6.45) is 9.11. The van der Waals surface area contributed by atoms with Gasteiger partial charge in [0.05, 0.1) is 18.3 Å². The molecule has 0 atom stereocenters. The van der Waals surface area contributed by atoms with Crippen molar-refractivity contribution in [2.45, 2.75) is 39.0 Å². The lowest BCUT2D eigenvalue weighted by Crippen LogP contribution is -2.22. The topological polar surface area (TPSA) is 57.8 Å². The molecule has 0 amide bonds. The van der Waals surface area contributed by atoms with E-state index in [-0.39, 0.29) is 6.54 Å². The quantitative estimate of drug-likeness (QED) is 0.311. The second-order valence-electron chi connectivity index (χ2n) is 8.41. The molecular weight excluding hydrogens is 385 g/mol. The van der Waals surface area contributed by atoms with Gasteiger partial charge >= 0.3 is 0 Å². The zero-order chi connectivity index (χ0) is 20.4. The van der Waals surface area contributed by atoms with Crippen LogP contribution in [-0.4, -0.2) is 45.7 Å². The second-order valence-corrected chi connectivity index (χ2v) is 14.0. The molecule has 0 aliphatic rings. The Morgan fingerprint density at radius 2 is 2.00 bits per heavy atom. The molecule has 29 heavy (non-hydrogen) atoms. The van der Waals surface area contributed by atoms with Gasteiger partial charge in [-0.2, -0.15) is 5.10 Å². The van der Waals surface area contributed by atoms with Crippen LogP contribution in [0.1, 0.15) is 0 Å². The van der Waals surface area contributed by atoms with Crippen LogP contribution < -0.4 is 0 Å². The number of hydrogen-bond donors (Lipinski definition) is 0. The van der Waals surface area contributed by atoms with E-state index >= 15 is 0 Å². The largest absolute Gasteiger partial charge is 0.361 e. The summed E-state index contributed by atoms with van der Waals surface area (Å²) in [5.74, 6) is 0. The van der Waals surface area contributed by atoms with Gasteiger partial charge in [0.2, 0.25) is 0 Å². The molecule has 6 nitrogen and oxygen atoms in total. The number of fused-ring (bicyclic) bond motifs is 3. The molecule has 0 bridgehead atoms. The Morgan fingerprint density at radius 3 is 2.79 bits per heavy atom. The van der Waals surface area contributed by atoms with Crippen LogP contribution in [-0.2, 0) is 18.0 Å². The normalized spacial score (nSPS) is 12.3. The van der Waals surface area contributed by atoms with Gasteiger partial charge < -0.3 is 9.30 Å². The molecule has 0 N–H and O–H groups in total. The van der Waals surface area contributed by atoms with Crippen molar-refractivity contribution in [2.24, 2.45) is 0 Å². The lowest BCUT2D eigenvalue weighted by molar-refractivity contribution is 0.0926. The summed E-state index contributed by atoms with van der Waals surface area (Å²) < 4.78 is 22.4. The van der Waals surface area contributed by atoms with Crippen LogP contribution in [0.25, 0.3) is 33.1 Å². The summed E-state index contributed by atoms with van der Waals surface area (Å²) >= 11 is 0. The molecule has 0 aliphatic heterocycles. The molecule has 0 radical (unpaired) electrons. The van der Waals surface area contributed by atoms with Gasteiger partial charge in [-0.15, -0.1) is 0 Å². The smallest absolute Gasteiger partial charge is 0.143 e. The van der Waals surface area contributed by atoms with Gasteiger partial charge in [-0.05, 0) is 23.7 Å². The lowest BCUT2D eigenvalue weighted by atomic mass is 10.1. The first-order valence-electron chi connectivity index (χ1n) is 9.85. The maximum atomic E-state index is 12.7. The van der Waals surface area contributed by atoms with Crippen molar-refractivity contribution in [3.8, 4) is 11.1 Å². The maximum Gasteiger partial charge on any atom is 0.143 e. The first-order valence-corrected chi connectivity index (χ1v) is 13.6. The average Bonchev–Trinajstić information content (AvgIpc) is 3.28. The predicted octanol–water partition coefficient (Wildman–Crippen LogP) is 4.73. The zero-order valence-electron chi connectivity index (χ0n) is 17.1. The third-order valence-corrected chi connectivity index (χ3v) is 6.72. The maximum absolute atomic E-state index is 12.7. The fourth-order valence-corrected chi connectivity index (χ4v) is 4.22. The summed E-state index contributed by atoms with van der Waals surface area (Å²) in [7, 11) is -1.14. The predicted molar refractivity (Wildman–Crippen MR) is 116 cm³/mol. The Hall–Kier alpha value is -2.58. The highest BCUT2D eigenvalue weighted by Crippen LogP contribution is 2.35. The highest BCUT2D eigenvalue weighted by Gasteiger charge is 2.18. The van der Waals surface area contributed by atoms with Crippen LogP contribution in [0.2, 0.25) is 25.7 Å². The Kier molecular flexibility index (Phi) is 5.47. The average molecular weight is 412 g/mol. The number of rotatable bonds is 8. The SMILES string of the molecule is C[Si](C)(C)CCOCn1c2ccncc2c2c(-c3cnn(CCF)c3)ccnc21. The number of halogens is 1. The van der Waals surface area contributed by atoms with Crippen LogP contribution in [0.4, 0.5) is 4.39 Å². The number of nitrogens with zero attached hydrogens (tertiary/aromatic N) is 5.